The van der Waals surface area contributed by atoms with E-state index in [9.17, 15) is 19.5 Å². The number of hydrogen-bond acceptors (Lipinski definition) is 9. The van der Waals surface area contributed by atoms with Gasteiger partial charge in [0.25, 0.3) is 0 Å². The van der Waals surface area contributed by atoms with Gasteiger partial charge in [0.15, 0.2) is 10.3 Å². The number of aliphatic carboxylic acids is 1. The fourth-order valence-electron chi connectivity index (χ4n) is 3.39. The predicted octanol–water partition coefficient (Wildman–Crippen LogP) is 0.265. The number of nitrogen functional groups attached to an aromatic ring is 1. The molecular weight excluding hydrogens is 448 g/mol. The number of rotatable bonds is 7. The van der Waals surface area contributed by atoms with Crippen LogP contribution in [-0.4, -0.2) is 71.8 Å². The van der Waals surface area contributed by atoms with Crippen LogP contribution in [0.4, 0.5) is 5.13 Å². The number of fused-ring (bicyclic) bond motifs is 1. The Bertz CT molecular complexity index is 994. The molecule has 0 aliphatic carbocycles. The van der Waals surface area contributed by atoms with E-state index in [-0.39, 0.29) is 30.2 Å². The van der Waals surface area contributed by atoms with Crippen molar-refractivity contribution >= 4 is 57.8 Å². The Morgan fingerprint density at radius 1 is 1.50 bits per heavy atom. The first-order valence-electron chi connectivity index (χ1n) is 9.04. The highest BCUT2D eigenvalue weighted by Crippen LogP contribution is 2.44. The monoisotopic (exact) mass is 468 g/mol. The van der Waals surface area contributed by atoms with E-state index in [4.69, 9.17) is 5.73 Å². The van der Waals surface area contributed by atoms with Crippen LogP contribution in [0.2, 0.25) is 0 Å². The van der Waals surface area contributed by atoms with Gasteiger partial charge in [0.05, 0.1) is 12.1 Å². The van der Waals surface area contributed by atoms with Crippen LogP contribution in [0.1, 0.15) is 5.69 Å². The first-order valence-corrected chi connectivity index (χ1v) is 12.0. The third-order valence-corrected chi connectivity index (χ3v) is 8.74. The molecule has 0 spiro atoms. The maximum absolute atomic E-state index is 12.6. The Balaban J connectivity index is 1.37. The molecule has 3 atom stereocenters. The summed E-state index contributed by atoms with van der Waals surface area (Å²) in [4.78, 5) is 46.8. The number of carboxylic acid groups (broad SMARTS) is 1. The number of carbonyl (C=O) groups is 3. The fourth-order valence-corrected chi connectivity index (χ4v) is 6.75. The Morgan fingerprint density at radius 2 is 2.30 bits per heavy atom. The van der Waals surface area contributed by atoms with Crippen molar-refractivity contribution in [2.24, 2.45) is 12.5 Å². The Hall–Kier alpha value is -2.25. The van der Waals surface area contributed by atoms with Crippen molar-refractivity contribution in [1.29, 1.82) is 0 Å². The van der Waals surface area contributed by atoms with Gasteiger partial charge < -0.3 is 25.6 Å². The number of anilines is 1. The van der Waals surface area contributed by atoms with Gasteiger partial charge in [-0.3, -0.25) is 14.4 Å². The number of thiazole rings is 1. The van der Waals surface area contributed by atoms with E-state index >= 15 is 0 Å². The smallest absolute Gasteiger partial charge is 0.313 e. The number of amides is 2. The van der Waals surface area contributed by atoms with Crippen molar-refractivity contribution in [1.82, 2.24) is 24.8 Å². The van der Waals surface area contributed by atoms with Crippen LogP contribution in [0.25, 0.3) is 0 Å². The quantitative estimate of drug-likeness (QED) is 0.385. The summed E-state index contributed by atoms with van der Waals surface area (Å²) in [6, 6.07) is -0.646. The average molecular weight is 469 g/mol. The van der Waals surface area contributed by atoms with E-state index < -0.39 is 17.4 Å². The van der Waals surface area contributed by atoms with Crippen LogP contribution in [0.15, 0.2) is 22.9 Å². The molecule has 4 N–H and O–H groups in total. The molecular formula is C17H20N6O4S3. The lowest BCUT2D eigenvalue weighted by Gasteiger charge is -2.53. The summed E-state index contributed by atoms with van der Waals surface area (Å²) >= 11 is 4.01. The lowest BCUT2D eigenvalue weighted by atomic mass is 9.89. The maximum Gasteiger partial charge on any atom is 0.313 e. The van der Waals surface area contributed by atoms with Crippen molar-refractivity contribution in [2.45, 2.75) is 23.0 Å². The van der Waals surface area contributed by atoms with Crippen molar-refractivity contribution in [3.63, 3.8) is 0 Å². The Kier molecular flexibility index (Phi) is 5.68. The molecule has 2 aromatic rings. The molecule has 0 bridgehead atoms. The summed E-state index contributed by atoms with van der Waals surface area (Å²) in [7, 11) is 1.85. The molecule has 2 aliphatic rings. The number of carboxylic acids is 1. The summed E-state index contributed by atoms with van der Waals surface area (Å²) in [5.41, 5.74) is 5.07. The van der Waals surface area contributed by atoms with Gasteiger partial charge in [0.2, 0.25) is 11.8 Å². The summed E-state index contributed by atoms with van der Waals surface area (Å²) in [5, 5.41) is 15.2. The average Bonchev–Trinajstić information content (AvgIpc) is 3.31. The zero-order valence-electron chi connectivity index (χ0n) is 16.0. The SMILES string of the molecule is Cn1ccnc1SCC1(C(=O)O)CS[C@@H]2C(NC(=O)Cc3csc(N)n3)C(=O)N2C1. The molecule has 0 aromatic carbocycles. The van der Waals surface area contributed by atoms with Gasteiger partial charge in [0.1, 0.15) is 16.8 Å². The van der Waals surface area contributed by atoms with Crippen molar-refractivity contribution in [3.8, 4) is 0 Å². The van der Waals surface area contributed by atoms with Gasteiger partial charge >= 0.3 is 5.97 Å². The molecule has 0 saturated carbocycles. The highest BCUT2D eigenvalue weighted by molar-refractivity contribution is 8.00. The zero-order chi connectivity index (χ0) is 21.5. The van der Waals surface area contributed by atoms with Crippen LogP contribution in [0.3, 0.4) is 0 Å². The number of hydrogen-bond donors (Lipinski definition) is 3. The molecule has 4 heterocycles. The molecule has 2 aliphatic heterocycles. The van der Waals surface area contributed by atoms with Gasteiger partial charge in [-0.25, -0.2) is 9.97 Å². The summed E-state index contributed by atoms with van der Waals surface area (Å²) in [6.45, 7) is 0.116. The minimum Gasteiger partial charge on any atom is -0.481 e. The largest absolute Gasteiger partial charge is 0.481 e. The number of thioether (sulfide) groups is 2. The molecule has 2 aromatic heterocycles. The highest BCUT2D eigenvalue weighted by Gasteiger charge is 2.57. The van der Waals surface area contributed by atoms with Crippen molar-refractivity contribution in [3.05, 3.63) is 23.5 Å². The number of nitrogens with zero attached hydrogens (tertiary/aromatic N) is 4. The van der Waals surface area contributed by atoms with Crippen LogP contribution in [0, 0.1) is 5.41 Å². The number of nitrogens with one attached hydrogen (secondary N) is 1. The van der Waals surface area contributed by atoms with E-state index in [1.165, 1.54) is 34.9 Å². The lowest BCUT2D eigenvalue weighted by molar-refractivity contribution is -0.157. The number of carbonyl (C=O) groups excluding carboxylic acids is 2. The van der Waals surface area contributed by atoms with E-state index in [0.717, 1.165) is 5.16 Å². The molecule has 2 unspecified atom stereocenters. The minimum atomic E-state index is -1.07. The molecule has 13 heteroatoms. The summed E-state index contributed by atoms with van der Waals surface area (Å²) < 4.78 is 1.83. The summed E-state index contributed by atoms with van der Waals surface area (Å²) in [5.74, 6) is -0.843. The maximum atomic E-state index is 12.6. The normalized spacial score (nSPS) is 25.5. The topological polar surface area (TPSA) is 143 Å². The molecule has 160 valence electrons. The van der Waals surface area contributed by atoms with Crippen LogP contribution in [-0.2, 0) is 27.9 Å². The number of aryl methyl sites for hydroxylation is 1. The predicted molar refractivity (Wildman–Crippen MR) is 114 cm³/mol. The third kappa shape index (κ3) is 3.88. The van der Waals surface area contributed by atoms with E-state index in [0.29, 0.717) is 22.3 Å². The zero-order valence-corrected chi connectivity index (χ0v) is 18.4. The molecule has 30 heavy (non-hydrogen) atoms. The molecule has 2 fully saturated rings. The minimum absolute atomic E-state index is 0.0498. The van der Waals surface area contributed by atoms with Gasteiger partial charge in [-0.05, 0) is 0 Å². The van der Waals surface area contributed by atoms with Crippen LogP contribution in [0.5, 0.6) is 0 Å². The van der Waals surface area contributed by atoms with Crippen molar-refractivity contribution in [2.75, 3.05) is 23.8 Å². The Morgan fingerprint density at radius 3 is 2.93 bits per heavy atom. The van der Waals surface area contributed by atoms with Gasteiger partial charge in [-0.1, -0.05) is 11.8 Å². The van der Waals surface area contributed by atoms with Gasteiger partial charge in [-0.15, -0.1) is 23.1 Å². The molecule has 10 nitrogen and oxygen atoms in total. The number of nitrogens with two attached hydrogens (primary N) is 1. The second-order valence-electron chi connectivity index (χ2n) is 7.26. The lowest BCUT2D eigenvalue weighted by Crippen LogP contribution is -2.74. The van der Waals surface area contributed by atoms with Gasteiger partial charge in [-0.2, -0.15) is 0 Å². The first-order chi connectivity index (χ1) is 14.3. The van der Waals surface area contributed by atoms with E-state index in [1.807, 2.05) is 11.6 Å². The number of aromatic nitrogens is 3. The van der Waals surface area contributed by atoms with Crippen LogP contribution < -0.4 is 11.1 Å². The highest BCUT2D eigenvalue weighted by atomic mass is 32.2. The van der Waals surface area contributed by atoms with Crippen LogP contribution >= 0.6 is 34.9 Å². The van der Waals surface area contributed by atoms with E-state index in [1.54, 1.807) is 22.7 Å². The second kappa shape index (κ2) is 8.12. The standard InChI is InChI=1S/C17H20N6O4S3/c1-22-3-2-19-16(22)30-8-17(14(26)27)6-23-12(25)11(13(23)29-7-17)21-10(24)4-9-5-28-15(18)20-9/h2-3,5,11,13H,4,6-8H2,1H3,(H2,18,20)(H,21,24)(H,26,27)/t11?,13-,17?/m1/s1. The number of β-lactam (4-membered cyclic amide) rings is 1. The van der Waals surface area contributed by atoms with E-state index in [2.05, 4.69) is 15.3 Å². The fraction of sp³-hybridized carbons (Fsp3) is 0.471. The Labute approximate surface area is 184 Å². The third-order valence-electron chi connectivity index (χ3n) is 5.08. The summed E-state index contributed by atoms with van der Waals surface area (Å²) in [6.07, 6.45) is 3.51. The molecule has 2 amide bonds. The molecule has 2 saturated heterocycles. The van der Waals surface area contributed by atoms with Gasteiger partial charge in [0, 0.05) is 42.9 Å². The first kappa shape index (κ1) is 21.0. The molecule has 0 radical (unpaired) electrons. The van der Waals surface area contributed by atoms with Crippen molar-refractivity contribution < 1.29 is 19.5 Å². The number of imidazole rings is 1. The second-order valence-corrected chi connectivity index (χ2v) is 10.2. The molecule has 4 rings (SSSR count).